The highest BCUT2D eigenvalue weighted by molar-refractivity contribution is 6.02. The molecule has 1 fully saturated rings. The first-order valence-corrected chi connectivity index (χ1v) is 12.9. The number of pyridine rings is 2. The molecular weight excluding hydrogens is 464 g/mol. The second-order valence-corrected chi connectivity index (χ2v) is 8.97. The molecule has 1 saturated heterocycles. The quantitative estimate of drug-likeness (QED) is 0.358. The second-order valence-electron chi connectivity index (χ2n) is 8.97. The Kier molecular flexibility index (Phi) is 9.37. The fourth-order valence-corrected chi connectivity index (χ4v) is 4.27. The minimum Gasteiger partial charge on any atom is -0.370 e. The van der Waals surface area contributed by atoms with Crippen LogP contribution in [-0.2, 0) is 4.79 Å². The zero-order valence-corrected chi connectivity index (χ0v) is 21.2. The first kappa shape index (κ1) is 26.0. The van der Waals surface area contributed by atoms with E-state index in [9.17, 15) is 9.59 Å². The highest BCUT2D eigenvalue weighted by atomic mass is 16.2. The van der Waals surface area contributed by atoms with Crippen molar-refractivity contribution in [3.63, 3.8) is 0 Å². The van der Waals surface area contributed by atoms with Gasteiger partial charge in [0.05, 0.1) is 11.3 Å². The molecule has 0 unspecified atom stereocenters. The van der Waals surface area contributed by atoms with Crippen LogP contribution >= 0.6 is 0 Å². The number of piperidine rings is 1. The molecule has 2 amide bonds. The lowest BCUT2D eigenvalue weighted by Gasteiger charge is -2.26. The largest absolute Gasteiger partial charge is 0.370 e. The van der Waals surface area contributed by atoms with Crippen molar-refractivity contribution in [3.05, 3.63) is 78.1 Å². The number of nitrogens with one attached hydrogen (secondary N) is 3. The summed E-state index contributed by atoms with van der Waals surface area (Å²) in [5.74, 6) is 0.220. The van der Waals surface area contributed by atoms with Gasteiger partial charge in [0.25, 0.3) is 5.91 Å². The van der Waals surface area contributed by atoms with Crippen LogP contribution in [0.5, 0.6) is 0 Å². The summed E-state index contributed by atoms with van der Waals surface area (Å²) in [6, 6.07) is 14.8. The van der Waals surface area contributed by atoms with Crippen LogP contribution in [0.25, 0.3) is 17.3 Å². The Bertz CT molecular complexity index is 1200. The van der Waals surface area contributed by atoms with Crippen molar-refractivity contribution in [2.75, 3.05) is 43.4 Å². The number of aromatic nitrogens is 2. The molecule has 4 rings (SSSR count). The van der Waals surface area contributed by atoms with E-state index in [1.807, 2.05) is 55.5 Å². The van der Waals surface area contributed by atoms with Crippen molar-refractivity contribution in [3.8, 4) is 11.3 Å². The van der Waals surface area contributed by atoms with E-state index in [1.54, 1.807) is 18.5 Å². The summed E-state index contributed by atoms with van der Waals surface area (Å²) in [5.41, 5.74) is 3.71. The lowest BCUT2D eigenvalue weighted by atomic mass is 10.1. The van der Waals surface area contributed by atoms with Crippen LogP contribution in [0.3, 0.4) is 0 Å². The van der Waals surface area contributed by atoms with Crippen molar-refractivity contribution in [1.29, 1.82) is 0 Å². The summed E-state index contributed by atoms with van der Waals surface area (Å²) in [6.07, 6.45) is 10.3. The average Bonchev–Trinajstić information content (AvgIpc) is 2.93. The summed E-state index contributed by atoms with van der Waals surface area (Å²) in [6.45, 7) is 6.35. The second kappa shape index (κ2) is 13.3. The Balaban J connectivity index is 1.37. The van der Waals surface area contributed by atoms with Crippen molar-refractivity contribution in [2.45, 2.75) is 26.2 Å². The van der Waals surface area contributed by atoms with Gasteiger partial charge in [-0.3, -0.25) is 14.6 Å². The molecule has 0 spiro atoms. The summed E-state index contributed by atoms with van der Waals surface area (Å²) in [5, 5.41) is 9.12. The number of carbonyl (C=O) groups is 2. The molecule has 1 aromatic carbocycles. The van der Waals surface area contributed by atoms with Gasteiger partial charge in [-0.05, 0) is 74.8 Å². The molecule has 1 aliphatic rings. The van der Waals surface area contributed by atoms with Crippen LogP contribution in [0.4, 0.5) is 11.5 Å². The van der Waals surface area contributed by atoms with Crippen LogP contribution in [-0.4, -0.2) is 59.4 Å². The van der Waals surface area contributed by atoms with Crippen LogP contribution < -0.4 is 16.0 Å². The summed E-state index contributed by atoms with van der Waals surface area (Å²) < 4.78 is 0. The maximum Gasteiger partial charge on any atom is 0.255 e. The summed E-state index contributed by atoms with van der Waals surface area (Å²) in [4.78, 5) is 36.3. The molecule has 1 aliphatic heterocycles. The molecule has 0 bridgehead atoms. The van der Waals surface area contributed by atoms with Crippen molar-refractivity contribution < 1.29 is 9.59 Å². The van der Waals surface area contributed by atoms with Gasteiger partial charge >= 0.3 is 0 Å². The molecule has 3 aromatic rings. The van der Waals surface area contributed by atoms with E-state index in [-0.39, 0.29) is 11.8 Å². The molecule has 0 radical (unpaired) electrons. The molecule has 0 atom stereocenters. The Morgan fingerprint density at radius 2 is 1.84 bits per heavy atom. The van der Waals surface area contributed by atoms with Crippen molar-refractivity contribution >= 4 is 29.4 Å². The number of benzene rings is 1. The molecule has 3 heterocycles. The minimum absolute atomic E-state index is 0.121. The van der Waals surface area contributed by atoms with Gasteiger partial charge in [0, 0.05) is 49.4 Å². The standard InChI is InChI=1S/C29H34N6O2/c1-2-31-28-25(29(37)32-17-20-35-18-4-3-5-19-35)13-14-26(34-28)23-9-11-24(12-10-23)33-27(36)15-8-22-7-6-16-30-21-22/h6-16,21H,2-5,17-20H2,1H3,(H,31,34)(H,32,37)(H,33,36)/b15-8+. The Labute approximate surface area is 218 Å². The lowest BCUT2D eigenvalue weighted by molar-refractivity contribution is -0.111. The Morgan fingerprint density at radius 3 is 2.57 bits per heavy atom. The molecule has 3 N–H and O–H groups in total. The molecular formula is C29H34N6O2. The van der Waals surface area contributed by atoms with Gasteiger partial charge in [-0.2, -0.15) is 0 Å². The molecule has 2 aromatic heterocycles. The number of hydrogen-bond acceptors (Lipinski definition) is 6. The third kappa shape index (κ3) is 7.72. The minimum atomic E-state index is -0.222. The summed E-state index contributed by atoms with van der Waals surface area (Å²) in [7, 11) is 0. The van der Waals surface area contributed by atoms with Gasteiger partial charge in [0.2, 0.25) is 5.91 Å². The SMILES string of the molecule is CCNc1nc(-c2ccc(NC(=O)/C=C/c3cccnc3)cc2)ccc1C(=O)NCCN1CCCCC1. The average molecular weight is 499 g/mol. The van der Waals surface area contributed by atoms with Crippen molar-refractivity contribution in [1.82, 2.24) is 20.2 Å². The van der Waals surface area contributed by atoms with Gasteiger partial charge < -0.3 is 20.9 Å². The fraction of sp³-hybridized carbons (Fsp3) is 0.310. The van der Waals surface area contributed by atoms with Crippen molar-refractivity contribution in [2.24, 2.45) is 0 Å². The van der Waals surface area contributed by atoms with E-state index in [1.165, 1.54) is 25.3 Å². The van der Waals surface area contributed by atoms with Crippen LogP contribution in [0.1, 0.15) is 42.1 Å². The Hall–Kier alpha value is -4.04. The predicted octanol–water partition coefficient (Wildman–Crippen LogP) is 4.44. The predicted molar refractivity (Wildman–Crippen MR) is 148 cm³/mol. The van der Waals surface area contributed by atoms with E-state index in [4.69, 9.17) is 4.98 Å². The van der Waals surface area contributed by atoms with Gasteiger partial charge in [0.1, 0.15) is 5.82 Å². The fourth-order valence-electron chi connectivity index (χ4n) is 4.27. The third-order valence-corrected chi connectivity index (χ3v) is 6.21. The van der Waals surface area contributed by atoms with Gasteiger partial charge in [-0.15, -0.1) is 0 Å². The van der Waals surface area contributed by atoms with E-state index < -0.39 is 0 Å². The molecule has 8 heteroatoms. The lowest BCUT2D eigenvalue weighted by Crippen LogP contribution is -2.37. The zero-order chi connectivity index (χ0) is 25.9. The van der Waals surface area contributed by atoms with Crippen LogP contribution in [0.2, 0.25) is 0 Å². The van der Waals surface area contributed by atoms with Gasteiger partial charge in [0.15, 0.2) is 0 Å². The topological polar surface area (TPSA) is 99.2 Å². The molecule has 37 heavy (non-hydrogen) atoms. The van der Waals surface area contributed by atoms with Gasteiger partial charge in [-0.25, -0.2) is 4.98 Å². The first-order chi connectivity index (χ1) is 18.1. The highest BCUT2D eigenvalue weighted by Crippen LogP contribution is 2.24. The van der Waals surface area contributed by atoms with Crippen LogP contribution in [0, 0.1) is 0 Å². The molecule has 0 aliphatic carbocycles. The number of rotatable bonds is 10. The molecule has 192 valence electrons. The summed E-state index contributed by atoms with van der Waals surface area (Å²) >= 11 is 0. The monoisotopic (exact) mass is 498 g/mol. The number of carbonyl (C=O) groups excluding carboxylic acids is 2. The number of anilines is 2. The van der Waals surface area contributed by atoms with Crippen LogP contribution in [0.15, 0.2) is 67.0 Å². The maximum atomic E-state index is 12.9. The number of hydrogen-bond donors (Lipinski definition) is 3. The maximum absolute atomic E-state index is 12.9. The number of nitrogens with zero attached hydrogens (tertiary/aromatic N) is 3. The van der Waals surface area contributed by atoms with E-state index >= 15 is 0 Å². The molecule has 8 nitrogen and oxygen atoms in total. The van der Waals surface area contributed by atoms with E-state index in [2.05, 4.69) is 25.8 Å². The normalized spacial score (nSPS) is 13.9. The number of amides is 2. The van der Waals surface area contributed by atoms with E-state index in [0.717, 1.165) is 36.5 Å². The number of likely N-dealkylation sites (tertiary alicyclic amines) is 1. The van der Waals surface area contributed by atoms with Gasteiger partial charge in [-0.1, -0.05) is 24.6 Å². The third-order valence-electron chi connectivity index (χ3n) is 6.21. The highest BCUT2D eigenvalue weighted by Gasteiger charge is 2.15. The smallest absolute Gasteiger partial charge is 0.255 e. The Morgan fingerprint density at radius 1 is 1.03 bits per heavy atom. The van der Waals surface area contributed by atoms with E-state index in [0.29, 0.717) is 30.2 Å². The first-order valence-electron chi connectivity index (χ1n) is 12.9. The molecule has 0 saturated carbocycles. The zero-order valence-electron chi connectivity index (χ0n) is 21.2.